The van der Waals surface area contributed by atoms with E-state index in [-0.39, 0.29) is 12.3 Å². The maximum atomic E-state index is 13.0. The molecule has 1 unspecified atom stereocenters. The molecule has 1 atom stereocenters. The summed E-state index contributed by atoms with van der Waals surface area (Å²) >= 11 is 0. The van der Waals surface area contributed by atoms with Crippen molar-refractivity contribution in [1.29, 1.82) is 0 Å². The van der Waals surface area contributed by atoms with E-state index in [1.54, 1.807) is 20.8 Å². The third-order valence-electron chi connectivity index (χ3n) is 3.45. The van der Waals surface area contributed by atoms with Crippen LogP contribution < -0.4 is 0 Å². The van der Waals surface area contributed by atoms with Gasteiger partial charge >= 0.3 is 0 Å². The van der Waals surface area contributed by atoms with Gasteiger partial charge in [-0.15, -0.1) is 0 Å². The molecular formula is C11H17F2NO3. The van der Waals surface area contributed by atoms with E-state index < -0.39 is 36.3 Å². The normalized spacial score (nSPS) is 26.2. The number of hydrogen-bond acceptors (Lipinski definition) is 3. The molecule has 1 saturated heterocycles. The molecule has 1 fully saturated rings. The maximum Gasteiger partial charge on any atom is 0.288 e. The first-order valence-corrected chi connectivity index (χ1v) is 5.47. The quantitative estimate of drug-likeness (QED) is 0.757. The first-order valence-electron chi connectivity index (χ1n) is 5.47. The van der Waals surface area contributed by atoms with Crippen molar-refractivity contribution in [3.63, 3.8) is 0 Å². The van der Waals surface area contributed by atoms with Gasteiger partial charge < -0.3 is 5.11 Å². The molecule has 0 bridgehead atoms. The number of likely N-dealkylation sites (tertiary alicyclic amines) is 1. The Morgan fingerprint density at radius 3 is 2.35 bits per heavy atom. The molecule has 1 N–H and O–H groups in total. The summed E-state index contributed by atoms with van der Waals surface area (Å²) in [6, 6.07) is 0. The number of aliphatic hydroxyl groups excluding tert-OH is 1. The second kappa shape index (κ2) is 4.33. The number of carbonyl (C=O) groups is 2. The Morgan fingerprint density at radius 1 is 1.47 bits per heavy atom. The largest absolute Gasteiger partial charge is 0.390 e. The van der Waals surface area contributed by atoms with Crippen LogP contribution in [0.25, 0.3) is 0 Å². The van der Waals surface area contributed by atoms with Crippen LogP contribution in [0.2, 0.25) is 0 Å². The average Bonchev–Trinajstić information content (AvgIpc) is 2.43. The highest BCUT2D eigenvalue weighted by Crippen LogP contribution is 2.39. The lowest BCUT2D eigenvalue weighted by atomic mass is 9.78. The molecule has 1 aliphatic heterocycles. The van der Waals surface area contributed by atoms with E-state index in [2.05, 4.69) is 0 Å². The van der Waals surface area contributed by atoms with Crippen molar-refractivity contribution >= 4 is 11.8 Å². The molecule has 4 nitrogen and oxygen atoms in total. The minimum atomic E-state index is -3.44. The predicted molar refractivity (Wildman–Crippen MR) is 56.3 cm³/mol. The summed E-state index contributed by atoms with van der Waals surface area (Å²) in [5.41, 5.74) is -0.914. The molecule has 17 heavy (non-hydrogen) atoms. The number of carbonyl (C=O) groups excluding carboxylic acids is 2. The fourth-order valence-corrected chi connectivity index (χ4v) is 1.80. The summed E-state index contributed by atoms with van der Waals surface area (Å²) in [6.45, 7) is 2.75. The highest BCUT2D eigenvalue weighted by Gasteiger charge is 2.52. The van der Waals surface area contributed by atoms with Crippen LogP contribution in [0.15, 0.2) is 0 Å². The third-order valence-corrected chi connectivity index (χ3v) is 3.45. The molecule has 0 radical (unpaired) electrons. The van der Waals surface area contributed by atoms with Crippen molar-refractivity contribution in [3.8, 4) is 0 Å². The molecule has 2 amide bonds. The van der Waals surface area contributed by atoms with E-state index in [4.69, 9.17) is 5.11 Å². The molecule has 6 heteroatoms. The summed E-state index contributed by atoms with van der Waals surface area (Å²) in [4.78, 5) is 24.1. The zero-order chi connectivity index (χ0) is 13.4. The SMILES string of the molecule is CC(C)C1(C)CC(=O)N(CC(F)(F)CO)C1=O. The second-order valence-corrected chi connectivity index (χ2v) is 5.05. The molecule has 1 aliphatic rings. The van der Waals surface area contributed by atoms with Gasteiger partial charge in [0.15, 0.2) is 0 Å². The van der Waals surface area contributed by atoms with Gasteiger partial charge in [0.25, 0.3) is 5.92 Å². The van der Waals surface area contributed by atoms with Crippen LogP contribution in [0.4, 0.5) is 8.78 Å². The highest BCUT2D eigenvalue weighted by atomic mass is 19.3. The first-order chi connectivity index (χ1) is 7.64. The molecule has 0 aromatic rings. The van der Waals surface area contributed by atoms with Crippen LogP contribution in [0, 0.1) is 11.3 Å². The Balaban J connectivity index is 2.91. The highest BCUT2D eigenvalue weighted by molar-refractivity contribution is 6.05. The van der Waals surface area contributed by atoms with Crippen molar-refractivity contribution in [2.45, 2.75) is 33.1 Å². The topological polar surface area (TPSA) is 57.6 Å². The Bertz CT molecular complexity index is 344. The minimum absolute atomic E-state index is 0.0506. The Hall–Kier alpha value is -1.04. The Kier molecular flexibility index (Phi) is 3.57. The number of aliphatic hydroxyl groups is 1. The number of nitrogens with zero attached hydrogens (tertiary/aromatic N) is 1. The number of rotatable bonds is 4. The third kappa shape index (κ3) is 2.46. The van der Waals surface area contributed by atoms with Gasteiger partial charge in [0.1, 0.15) is 6.61 Å². The van der Waals surface area contributed by atoms with Crippen LogP contribution >= 0.6 is 0 Å². The Labute approximate surface area is 98.6 Å². The standard InChI is InChI=1S/C11H17F2NO3/c1-7(2)10(3)4-8(16)14(9(10)17)5-11(12,13)6-15/h7,15H,4-6H2,1-3H3. The molecule has 98 valence electrons. The number of halogens is 2. The number of amides is 2. The molecular weight excluding hydrogens is 232 g/mol. The van der Waals surface area contributed by atoms with E-state index in [1.807, 2.05) is 0 Å². The zero-order valence-corrected chi connectivity index (χ0v) is 10.2. The van der Waals surface area contributed by atoms with E-state index in [0.29, 0.717) is 4.90 Å². The molecule has 0 aromatic carbocycles. The predicted octanol–water partition coefficient (Wildman–Crippen LogP) is 1.04. The van der Waals surface area contributed by atoms with Gasteiger partial charge in [0, 0.05) is 6.42 Å². The second-order valence-electron chi connectivity index (χ2n) is 5.05. The molecule has 0 aromatic heterocycles. The minimum Gasteiger partial charge on any atom is -0.390 e. The smallest absolute Gasteiger partial charge is 0.288 e. The van der Waals surface area contributed by atoms with Crippen molar-refractivity contribution in [1.82, 2.24) is 4.90 Å². The van der Waals surface area contributed by atoms with Crippen LogP contribution in [-0.2, 0) is 9.59 Å². The van der Waals surface area contributed by atoms with E-state index >= 15 is 0 Å². The fourth-order valence-electron chi connectivity index (χ4n) is 1.80. The van der Waals surface area contributed by atoms with Gasteiger partial charge in [-0.2, -0.15) is 0 Å². The van der Waals surface area contributed by atoms with Crippen molar-refractivity contribution in [2.24, 2.45) is 11.3 Å². The number of alkyl halides is 2. The first kappa shape index (κ1) is 14.0. The lowest BCUT2D eigenvalue weighted by Crippen LogP contribution is -2.44. The summed E-state index contributed by atoms with van der Waals surface area (Å²) in [5, 5.41) is 8.47. The van der Waals surface area contributed by atoms with Crippen LogP contribution in [-0.4, -0.2) is 40.9 Å². The molecule has 1 rings (SSSR count). The van der Waals surface area contributed by atoms with Crippen molar-refractivity contribution in [2.75, 3.05) is 13.2 Å². The van der Waals surface area contributed by atoms with E-state index in [0.717, 1.165) is 0 Å². The Morgan fingerprint density at radius 2 is 2.00 bits per heavy atom. The van der Waals surface area contributed by atoms with Crippen LogP contribution in [0.5, 0.6) is 0 Å². The van der Waals surface area contributed by atoms with Crippen LogP contribution in [0.1, 0.15) is 27.2 Å². The molecule has 0 aliphatic carbocycles. The molecule has 1 heterocycles. The van der Waals surface area contributed by atoms with E-state index in [9.17, 15) is 18.4 Å². The lowest BCUT2D eigenvalue weighted by molar-refractivity contribution is -0.150. The summed E-state index contributed by atoms with van der Waals surface area (Å²) in [6.07, 6.45) is -0.0506. The maximum absolute atomic E-state index is 13.0. The molecule has 0 spiro atoms. The van der Waals surface area contributed by atoms with Crippen molar-refractivity contribution in [3.05, 3.63) is 0 Å². The fraction of sp³-hybridized carbons (Fsp3) is 0.818. The monoisotopic (exact) mass is 249 g/mol. The van der Waals surface area contributed by atoms with Gasteiger partial charge in [-0.25, -0.2) is 8.78 Å². The summed E-state index contributed by atoms with van der Waals surface area (Å²) in [7, 11) is 0. The van der Waals surface area contributed by atoms with Gasteiger partial charge in [0.2, 0.25) is 11.8 Å². The number of imide groups is 1. The summed E-state index contributed by atoms with van der Waals surface area (Å²) in [5.74, 6) is -4.72. The lowest BCUT2D eigenvalue weighted by Gasteiger charge is -2.27. The average molecular weight is 249 g/mol. The van der Waals surface area contributed by atoms with Gasteiger partial charge in [-0.05, 0) is 12.8 Å². The molecule has 0 saturated carbocycles. The van der Waals surface area contributed by atoms with Crippen molar-refractivity contribution < 1.29 is 23.5 Å². The number of hydrogen-bond donors (Lipinski definition) is 1. The van der Waals surface area contributed by atoms with Gasteiger partial charge in [-0.3, -0.25) is 14.5 Å². The van der Waals surface area contributed by atoms with Gasteiger partial charge in [0.05, 0.1) is 12.0 Å². The van der Waals surface area contributed by atoms with E-state index in [1.165, 1.54) is 0 Å². The van der Waals surface area contributed by atoms with Gasteiger partial charge in [-0.1, -0.05) is 13.8 Å². The summed E-state index contributed by atoms with van der Waals surface area (Å²) < 4.78 is 26.0. The van der Waals surface area contributed by atoms with Crippen LogP contribution in [0.3, 0.4) is 0 Å². The zero-order valence-electron chi connectivity index (χ0n) is 10.2.